The van der Waals surface area contributed by atoms with Gasteiger partial charge in [0.15, 0.2) is 0 Å². The Morgan fingerprint density at radius 3 is 1.24 bits per heavy atom. The first-order chi connectivity index (χ1) is 26.3. The van der Waals surface area contributed by atoms with Crippen LogP contribution >= 0.6 is 0 Å². The topological polar surface area (TPSA) is 0 Å². The van der Waals surface area contributed by atoms with Crippen LogP contribution in [0, 0.1) is 0 Å². The first-order valence-electron chi connectivity index (χ1n) is 19.3. The lowest BCUT2D eigenvalue weighted by Gasteiger charge is -2.39. The molecule has 11 rings (SSSR count). The van der Waals surface area contributed by atoms with Crippen molar-refractivity contribution in [2.24, 2.45) is 0 Å². The highest BCUT2D eigenvalue weighted by molar-refractivity contribution is 7.05. The quantitative estimate of drug-likeness (QED) is 0.159. The Kier molecular flexibility index (Phi) is 6.66. The molecule has 0 atom stereocenters. The van der Waals surface area contributed by atoms with Crippen molar-refractivity contribution >= 4 is 69.2 Å². The van der Waals surface area contributed by atoms with Crippen molar-refractivity contribution in [3.8, 4) is 55.6 Å². The minimum Gasteiger partial charge on any atom is -0.0620 e. The zero-order valence-corrected chi connectivity index (χ0v) is 33.2. The summed E-state index contributed by atoms with van der Waals surface area (Å²) in [6.07, 6.45) is 0. The van der Waals surface area contributed by atoms with E-state index in [0.29, 0.717) is 0 Å². The van der Waals surface area contributed by atoms with Gasteiger partial charge in [0.25, 0.3) is 0 Å². The molecule has 0 radical (unpaired) electrons. The fraction of sp³-hybridized carbons (Fsp3) is 0.0769. The molecule has 2 heterocycles. The highest BCUT2D eigenvalue weighted by atomic mass is 28.3. The number of rotatable bonds is 3. The minimum absolute atomic E-state index is 1.26. The maximum Gasteiger partial charge on any atom is 0.113 e. The van der Waals surface area contributed by atoms with E-state index in [1.807, 2.05) is 0 Å². The SMILES string of the molecule is C[Si]1(C)c2cc(-c3ccc(-c4cccc5ccccc45)cc3)ccc2-c2ccc3c4c(ccc1c24)[Si](C)(C)c1cc(-c2cccc4ccccc24)ccc1-3. The van der Waals surface area contributed by atoms with Gasteiger partial charge in [0.05, 0.1) is 0 Å². The first kappa shape index (κ1) is 31.7. The summed E-state index contributed by atoms with van der Waals surface area (Å²) >= 11 is 0. The Balaban J connectivity index is 1.03. The van der Waals surface area contributed by atoms with E-state index in [-0.39, 0.29) is 0 Å². The standard InChI is InChI=1S/C52H40Si2/c1-53(2)47-29-30-48-52-46(44-26-24-38(32-50(44)54(48,3)4)42-18-10-14-35-12-6-8-16-40(35)42)28-27-45(51(47)52)43-25-23-37(31-49(43)53)33-19-21-36(22-20-33)41-17-9-13-34-11-5-7-15-39(34)41/h5-32H,1-4H3. The molecular weight excluding hydrogens is 681 g/mol. The molecule has 0 unspecified atom stereocenters. The normalized spacial score (nSPS) is 14.6. The lowest BCUT2D eigenvalue weighted by Crippen LogP contribution is -2.59. The fourth-order valence-electron chi connectivity index (χ4n) is 10.0. The molecule has 0 saturated carbocycles. The van der Waals surface area contributed by atoms with Gasteiger partial charge in [-0.15, -0.1) is 0 Å². The molecule has 0 saturated heterocycles. The Morgan fingerprint density at radius 1 is 0.278 bits per heavy atom. The molecule has 54 heavy (non-hydrogen) atoms. The summed E-state index contributed by atoms with van der Waals surface area (Å²) in [6, 6.07) is 64.6. The molecule has 256 valence electrons. The summed E-state index contributed by atoms with van der Waals surface area (Å²) in [5, 5.41) is 14.5. The molecule has 0 bridgehead atoms. The molecule has 0 spiro atoms. The smallest absolute Gasteiger partial charge is 0.0620 e. The number of fused-ring (bicyclic) bond motifs is 6. The Hall–Kier alpha value is -5.81. The zero-order valence-electron chi connectivity index (χ0n) is 31.2. The molecule has 0 aliphatic carbocycles. The van der Waals surface area contributed by atoms with Crippen molar-refractivity contribution in [1.82, 2.24) is 0 Å². The zero-order chi connectivity index (χ0) is 36.3. The van der Waals surface area contributed by atoms with Gasteiger partial charge in [-0.05, 0) is 109 Å². The maximum atomic E-state index is 2.57. The van der Waals surface area contributed by atoms with Crippen LogP contribution in [-0.2, 0) is 0 Å². The van der Waals surface area contributed by atoms with Gasteiger partial charge in [0.1, 0.15) is 16.1 Å². The van der Waals surface area contributed by atoms with Gasteiger partial charge in [-0.25, -0.2) is 0 Å². The van der Waals surface area contributed by atoms with Gasteiger partial charge in [0.2, 0.25) is 0 Å². The van der Waals surface area contributed by atoms with E-state index in [1.165, 1.54) is 88.0 Å². The van der Waals surface area contributed by atoms with E-state index < -0.39 is 16.1 Å². The van der Waals surface area contributed by atoms with Crippen LogP contribution in [0.25, 0.3) is 88.0 Å². The molecule has 9 aromatic rings. The minimum atomic E-state index is -2.06. The van der Waals surface area contributed by atoms with Crippen molar-refractivity contribution in [3.63, 3.8) is 0 Å². The Morgan fingerprint density at radius 2 is 0.685 bits per heavy atom. The van der Waals surface area contributed by atoms with E-state index in [4.69, 9.17) is 0 Å². The van der Waals surface area contributed by atoms with Crippen LogP contribution in [0.2, 0.25) is 26.2 Å². The van der Waals surface area contributed by atoms with E-state index in [1.54, 1.807) is 20.7 Å². The average Bonchev–Trinajstić information content (AvgIpc) is 3.21. The lowest BCUT2D eigenvalue weighted by atomic mass is 9.89. The van der Waals surface area contributed by atoms with Crippen molar-refractivity contribution in [1.29, 1.82) is 0 Å². The third-order valence-electron chi connectivity index (χ3n) is 12.9. The monoisotopic (exact) mass is 720 g/mol. The van der Waals surface area contributed by atoms with Crippen LogP contribution in [0.4, 0.5) is 0 Å². The molecule has 0 N–H and O–H groups in total. The lowest BCUT2D eigenvalue weighted by molar-refractivity contribution is 1.58. The Bertz CT molecular complexity index is 3030. The second kappa shape index (κ2) is 11.4. The highest BCUT2D eigenvalue weighted by Crippen LogP contribution is 2.42. The van der Waals surface area contributed by atoms with E-state index >= 15 is 0 Å². The average molecular weight is 721 g/mol. The third kappa shape index (κ3) is 4.41. The highest BCUT2D eigenvalue weighted by Gasteiger charge is 2.41. The van der Waals surface area contributed by atoms with Gasteiger partial charge in [-0.2, -0.15) is 0 Å². The molecule has 0 nitrogen and oxygen atoms in total. The second-order valence-electron chi connectivity index (χ2n) is 16.5. The summed E-state index contributed by atoms with van der Waals surface area (Å²) in [7, 11) is -4.11. The van der Waals surface area contributed by atoms with Gasteiger partial charge in [0, 0.05) is 0 Å². The van der Waals surface area contributed by atoms with Crippen molar-refractivity contribution < 1.29 is 0 Å². The predicted octanol–water partition coefficient (Wildman–Crippen LogP) is 11.8. The van der Waals surface area contributed by atoms with Gasteiger partial charge in [-0.3, -0.25) is 0 Å². The summed E-state index contributed by atoms with van der Waals surface area (Å²) in [5.74, 6) is 0. The van der Waals surface area contributed by atoms with Gasteiger partial charge in [-0.1, -0.05) is 196 Å². The molecule has 0 fully saturated rings. The molecular formula is C52H40Si2. The van der Waals surface area contributed by atoms with Crippen LogP contribution in [0.3, 0.4) is 0 Å². The largest absolute Gasteiger partial charge is 0.113 e. The Labute approximate surface area is 319 Å². The van der Waals surface area contributed by atoms with Crippen LogP contribution in [0.15, 0.2) is 170 Å². The van der Waals surface area contributed by atoms with Crippen LogP contribution < -0.4 is 20.7 Å². The van der Waals surface area contributed by atoms with Gasteiger partial charge < -0.3 is 0 Å². The van der Waals surface area contributed by atoms with Gasteiger partial charge >= 0.3 is 0 Å². The predicted molar refractivity (Wildman–Crippen MR) is 240 cm³/mol. The summed E-state index contributed by atoms with van der Waals surface area (Å²) in [5.41, 5.74) is 13.4. The number of hydrogen-bond acceptors (Lipinski definition) is 0. The second-order valence-corrected chi connectivity index (χ2v) is 25.1. The summed E-state index contributed by atoms with van der Waals surface area (Å²) in [6.45, 7) is 10.3. The summed E-state index contributed by atoms with van der Waals surface area (Å²) < 4.78 is 0. The summed E-state index contributed by atoms with van der Waals surface area (Å²) in [4.78, 5) is 0. The molecule has 0 amide bonds. The van der Waals surface area contributed by atoms with E-state index in [9.17, 15) is 0 Å². The molecule has 2 heteroatoms. The molecule has 9 aromatic carbocycles. The molecule has 2 aliphatic heterocycles. The van der Waals surface area contributed by atoms with Crippen LogP contribution in [-0.4, -0.2) is 16.1 Å². The number of benzene rings is 9. The van der Waals surface area contributed by atoms with E-state index in [2.05, 4.69) is 196 Å². The third-order valence-corrected chi connectivity index (χ3v) is 19.9. The van der Waals surface area contributed by atoms with Crippen LogP contribution in [0.1, 0.15) is 0 Å². The van der Waals surface area contributed by atoms with Crippen LogP contribution in [0.5, 0.6) is 0 Å². The van der Waals surface area contributed by atoms with Crippen molar-refractivity contribution in [3.05, 3.63) is 170 Å². The van der Waals surface area contributed by atoms with Crippen molar-refractivity contribution in [2.45, 2.75) is 26.2 Å². The molecule has 2 aliphatic rings. The van der Waals surface area contributed by atoms with E-state index in [0.717, 1.165) is 0 Å². The number of hydrogen-bond donors (Lipinski definition) is 0. The van der Waals surface area contributed by atoms with Crippen molar-refractivity contribution in [2.75, 3.05) is 0 Å². The first-order valence-corrected chi connectivity index (χ1v) is 25.3. The molecule has 0 aromatic heterocycles. The maximum absolute atomic E-state index is 2.57. The fourth-order valence-corrected chi connectivity index (χ4v) is 16.2.